The van der Waals surface area contributed by atoms with Gasteiger partial charge in [0.05, 0.1) is 5.69 Å². The predicted molar refractivity (Wildman–Crippen MR) is 112 cm³/mol. The summed E-state index contributed by atoms with van der Waals surface area (Å²) in [6.07, 6.45) is 1.77. The molecule has 1 amide bonds. The summed E-state index contributed by atoms with van der Waals surface area (Å²) in [6, 6.07) is 11.3. The van der Waals surface area contributed by atoms with Crippen LogP contribution in [0.15, 0.2) is 50.9 Å². The molecule has 0 saturated carbocycles. The molecular formula is C19H24N2O3S3. The van der Waals surface area contributed by atoms with Gasteiger partial charge in [0.1, 0.15) is 4.21 Å². The van der Waals surface area contributed by atoms with Crippen molar-refractivity contribution < 1.29 is 13.2 Å². The molecule has 0 bridgehead atoms. The third-order valence-electron chi connectivity index (χ3n) is 4.57. The van der Waals surface area contributed by atoms with E-state index in [2.05, 4.69) is 13.0 Å². The maximum Gasteiger partial charge on any atom is 0.252 e. The zero-order valence-electron chi connectivity index (χ0n) is 15.5. The van der Waals surface area contributed by atoms with E-state index >= 15 is 0 Å². The third kappa shape index (κ3) is 4.74. The molecule has 1 aromatic heterocycles. The molecule has 3 rings (SSSR count). The topological polar surface area (TPSA) is 57.7 Å². The summed E-state index contributed by atoms with van der Waals surface area (Å²) in [4.78, 5) is 15.8. The van der Waals surface area contributed by atoms with Gasteiger partial charge in [0.25, 0.3) is 10.0 Å². The Morgan fingerprint density at radius 3 is 2.78 bits per heavy atom. The van der Waals surface area contributed by atoms with Gasteiger partial charge in [-0.1, -0.05) is 25.1 Å². The first-order valence-electron chi connectivity index (χ1n) is 8.95. The number of carbonyl (C=O) groups excluding carboxylic acids is 1. The smallest absolute Gasteiger partial charge is 0.252 e. The van der Waals surface area contributed by atoms with E-state index in [9.17, 15) is 13.2 Å². The minimum Gasteiger partial charge on any atom is -0.311 e. The molecule has 0 fully saturated rings. The Kier molecular flexibility index (Phi) is 6.62. The number of thiophene rings is 1. The number of sulfonamides is 1. The average Bonchev–Trinajstić information content (AvgIpc) is 3.13. The summed E-state index contributed by atoms with van der Waals surface area (Å²) < 4.78 is 26.6. The van der Waals surface area contributed by atoms with E-state index in [0.717, 1.165) is 17.0 Å². The van der Waals surface area contributed by atoms with Crippen LogP contribution in [0.3, 0.4) is 0 Å². The van der Waals surface area contributed by atoms with Crippen molar-refractivity contribution in [2.75, 3.05) is 25.0 Å². The Morgan fingerprint density at radius 1 is 1.26 bits per heavy atom. The fourth-order valence-corrected chi connectivity index (χ4v) is 6.54. The van der Waals surface area contributed by atoms with E-state index < -0.39 is 10.0 Å². The Hall–Kier alpha value is -1.35. The van der Waals surface area contributed by atoms with E-state index in [1.807, 2.05) is 23.1 Å². The van der Waals surface area contributed by atoms with Crippen LogP contribution in [0.4, 0.5) is 5.69 Å². The number of nitrogens with zero attached hydrogens (tertiary/aromatic N) is 2. The molecule has 27 heavy (non-hydrogen) atoms. The quantitative estimate of drug-likeness (QED) is 0.701. The number of hydrogen-bond acceptors (Lipinski definition) is 5. The molecule has 1 aliphatic rings. The number of rotatable bonds is 6. The second-order valence-electron chi connectivity index (χ2n) is 6.59. The summed E-state index contributed by atoms with van der Waals surface area (Å²) in [7, 11) is -1.89. The lowest BCUT2D eigenvalue weighted by Crippen LogP contribution is -2.33. The predicted octanol–water partition coefficient (Wildman–Crippen LogP) is 4.07. The molecule has 0 spiro atoms. The van der Waals surface area contributed by atoms with E-state index in [1.54, 1.807) is 36.3 Å². The number of carbonyl (C=O) groups is 1. The van der Waals surface area contributed by atoms with Crippen molar-refractivity contribution in [2.24, 2.45) is 0 Å². The molecule has 0 radical (unpaired) electrons. The molecule has 0 unspecified atom stereocenters. The van der Waals surface area contributed by atoms with Crippen molar-refractivity contribution in [3.8, 4) is 0 Å². The highest BCUT2D eigenvalue weighted by molar-refractivity contribution is 8.00. The Bertz CT molecular complexity index is 881. The fourth-order valence-electron chi connectivity index (χ4n) is 3.02. The highest BCUT2D eigenvalue weighted by Gasteiger charge is 2.25. The second-order valence-corrected chi connectivity index (χ2v) is 11.3. The van der Waals surface area contributed by atoms with Crippen LogP contribution in [-0.4, -0.2) is 44.0 Å². The first kappa shape index (κ1) is 20.4. The molecule has 0 aliphatic carbocycles. The molecule has 1 aliphatic heterocycles. The van der Waals surface area contributed by atoms with Gasteiger partial charge in [0.2, 0.25) is 5.91 Å². The molecule has 8 heteroatoms. The van der Waals surface area contributed by atoms with Gasteiger partial charge in [-0.05, 0) is 36.4 Å². The van der Waals surface area contributed by atoms with Crippen molar-refractivity contribution in [3.05, 3.63) is 41.8 Å². The maximum atomic E-state index is 12.8. The van der Waals surface area contributed by atoms with Crippen LogP contribution < -0.4 is 4.90 Å². The molecule has 1 aromatic carbocycles. The summed E-state index contributed by atoms with van der Waals surface area (Å²) in [6.45, 7) is 3.21. The minimum atomic E-state index is -3.46. The molecule has 146 valence electrons. The number of benzene rings is 1. The van der Waals surface area contributed by atoms with E-state index in [4.69, 9.17) is 0 Å². The molecule has 0 N–H and O–H groups in total. The average molecular weight is 425 g/mol. The Morgan fingerprint density at radius 2 is 2.04 bits per heavy atom. The highest BCUT2D eigenvalue weighted by atomic mass is 32.2. The lowest BCUT2D eigenvalue weighted by atomic mass is 10.2. The van der Waals surface area contributed by atoms with Crippen LogP contribution in [-0.2, 0) is 14.8 Å². The number of hydrogen-bond donors (Lipinski definition) is 0. The SMILES string of the molecule is C[C@@H]1CCN(C(=O)CCCN(C)S(=O)(=O)c2cccs2)c2ccccc2S1. The number of para-hydroxylation sites is 1. The standard InChI is InChI=1S/C19H24N2O3S3/c1-15-11-13-21(16-7-3-4-8-17(16)26-15)18(22)9-5-12-20(2)27(23,24)19-10-6-14-25-19/h3-4,6-8,10,14-15H,5,9,11-13H2,1-2H3/t15-/m1/s1. The van der Waals surface area contributed by atoms with Gasteiger partial charge < -0.3 is 4.90 Å². The Labute approximate surface area is 169 Å². The van der Waals surface area contributed by atoms with Crippen molar-refractivity contribution >= 4 is 44.7 Å². The minimum absolute atomic E-state index is 0.0547. The van der Waals surface area contributed by atoms with Crippen molar-refractivity contribution in [3.63, 3.8) is 0 Å². The molecular weight excluding hydrogens is 400 g/mol. The van der Waals surface area contributed by atoms with Crippen molar-refractivity contribution in [1.82, 2.24) is 4.31 Å². The van der Waals surface area contributed by atoms with E-state index in [0.29, 0.717) is 35.4 Å². The van der Waals surface area contributed by atoms with Crippen LogP contribution >= 0.6 is 23.1 Å². The zero-order valence-corrected chi connectivity index (χ0v) is 17.9. The Balaban J connectivity index is 1.61. The molecule has 2 aromatic rings. The molecule has 0 saturated heterocycles. The normalized spacial score (nSPS) is 17.6. The monoisotopic (exact) mass is 424 g/mol. The number of amides is 1. The van der Waals surface area contributed by atoms with Gasteiger partial charge in [-0.3, -0.25) is 4.79 Å². The van der Waals surface area contributed by atoms with Crippen LogP contribution in [0, 0.1) is 0 Å². The van der Waals surface area contributed by atoms with Crippen LogP contribution in [0.5, 0.6) is 0 Å². The molecule has 5 nitrogen and oxygen atoms in total. The third-order valence-corrected chi connectivity index (χ3v) is 9.03. The summed E-state index contributed by atoms with van der Waals surface area (Å²) in [5, 5.41) is 2.21. The lowest BCUT2D eigenvalue weighted by molar-refractivity contribution is -0.118. The van der Waals surface area contributed by atoms with Gasteiger partial charge in [0, 0.05) is 36.7 Å². The van der Waals surface area contributed by atoms with Crippen LogP contribution in [0.25, 0.3) is 0 Å². The number of anilines is 1. The fraction of sp³-hybridized carbons (Fsp3) is 0.421. The zero-order chi connectivity index (χ0) is 19.4. The highest BCUT2D eigenvalue weighted by Crippen LogP contribution is 2.37. The maximum absolute atomic E-state index is 12.8. The van der Waals surface area contributed by atoms with E-state index in [-0.39, 0.29) is 5.91 Å². The van der Waals surface area contributed by atoms with Crippen molar-refractivity contribution in [1.29, 1.82) is 0 Å². The van der Waals surface area contributed by atoms with Gasteiger partial charge in [-0.25, -0.2) is 12.7 Å². The number of fused-ring (bicyclic) bond motifs is 1. The van der Waals surface area contributed by atoms with Crippen LogP contribution in [0.1, 0.15) is 26.2 Å². The van der Waals surface area contributed by atoms with Gasteiger partial charge in [0.15, 0.2) is 0 Å². The lowest BCUT2D eigenvalue weighted by Gasteiger charge is -2.23. The number of thioether (sulfide) groups is 1. The van der Waals surface area contributed by atoms with Crippen molar-refractivity contribution in [2.45, 2.75) is 40.5 Å². The van der Waals surface area contributed by atoms with E-state index in [1.165, 1.54) is 15.6 Å². The van der Waals surface area contributed by atoms with Gasteiger partial charge in [-0.2, -0.15) is 0 Å². The largest absolute Gasteiger partial charge is 0.311 e. The molecule has 1 atom stereocenters. The second kappa shape index (κ2) is 8.77. The summed E-state index contributed by atoms with van der Waals surface area (Å²) >= 11 is 3.01. The molecule has 2 heterocycles. The first-order valence-corrected chi connectivity index (χ1v) is 12.2. The van der Waals surface area contributed by atoms with Crippen LogP contribution in [0.2, 0.25) is 0 Å². The first-order chi connectivity index (χ1) is 12.9. The van der Waals surface area contributed by atoms with Gasteiger partial charge >= 0.3 is 0 Å². The van der Waals surface area contributed by atoms with Gasteiger partial charge in [-0.15, -0.1) is 23.1 Å². The summed E-state index contributed by atoms with van der Waals surface area (Å²) in [5.74, 6) is 0.0547. The summed E-state index contributed by atoms with van der Waals surface area (Å²) in [5.41, 5.74) is 0.969.